The number of carbonyl (C=O) groups excluding carboxylic acids is 1. The molecule has 0 saturated heterocycles. The number of aromatic nitrogens is 3. The van der Waals surface area contributed by atoms with E-state index in [1.54, 1.807) is 32.3 Å². The van der Waals surface area contributed by atoms with Crippen LogP contribution < -0.4 is 10.5 Å². The number of fused-ring (bicyclic) bond motifs is 1. The molecule has 28 heavy (non-hydrogen) atoms. The Hall–Kier alpha value is -3.73. The summed E-state index contributed by atoms with van der Waals surface area (Å²) in [5.74, 6) is -1.35. The molecule has 3 rings (SSSR count). The van der Waals surface area contributed by atoms with Crippen molar-refractivity contribution in [3.8, 4) is 23.1 Å². The van der Waals surface area contributed by atoms with Crippen LogP contribution in [-0.4, -0.2) is 27.5 Å². The van der Waals surface area contributed by atoms with Crippen LogP contribution in [0.5, 0.6) is 5.88 Å². The average molecular weight is 379 g/mol. The molecule has 0 bridgehead atoms. The van der Waals surface area contributed by atoms with Crippen LogP contribution >= 0.6 is 0 Å². The van der Waals surface area contributed by atoms with Gasteiger partial charge >= 0.3 is 0 Å². The molecule has 0 unspecified atom stereocenters. The number of rotatable bonds is 6. The molecule has 3 heterocycles. The van der Waals surface area contributed by atoms with Crippen molar-refractivity contribution in [3.63, 3.8) is 0 Å². The summed E-state index contributed by atoms with van der Waals surface area (Å²) in [4.78, 5) is 22.3. The van der Waals surface area contributed by atoms with Crippen LogP contribution in [0.25, 0.3) is 28.2 Å². The van der Waals surface area contributed by atoms with Crippen molar-refractivity contribution < 1.29 is 13.9 Å². The number of aromatic amines is 1. The minimum Gasteiger partial charge on any atom is -0.474 e. The van der Waals surface area contributed by atoms with Gasteiger partial charge in [-0.15, -0.1) is 0 Å². The van der Waals surface area contributed by atoms with Gasteiger partial charge in [0.25, 0.3) is 0 Å². The van der Waals surface area contributed by atoms with E-state index in [1.165, 1.54) is 18.3 Å². The first kappa shape index (κ1) is 19.0. The first-order chi connectivity index (χ1) is 13.3. The number of ether oxygens (including phenoxy) is 1. The average Bonchev–Trinajstić information content (AvgIpc) is 3.07. The van der Waals surface area contributed by atoms with Crippen molar-refractivity contribution in [3.05, 3.63) is 48.2 Å². The number of halogens is 1. The van der Waals surface area contributed by atoms with Crippen LogP contribution in [0, 0.1) is 22.6 Å². The lowest BCUT2D eigenvalue weighted by Gasteiger charge is -2.16. The van der Waals surface area contributed by atoms with Gasteiger partial charge in [0.15, 0.2) is 5.82 Å². The highest BCUT2D eigenvalue weighted by molar-refractivity contribution is 5.95. The van der Waals surface area contributed by atoms with E-state index in [0.717, 1.165) is 10.9 Å². The number of hydrogen-bond acceptors (Lipinski definition) is 5. The van der Waals surface area contributed by atoms with Crippen LogP contribution in [0.4, 0.5) is 4.39 Å². The number of pyridine rings is 2. The Labute approximate surface area is 160 Å². The van der Waals surface area contributed by atoms with Gasteiger partial charge < -0.3 is 15.5 Å². The number of H-pyrrole nitrogens is 1. The van der Waals surface area contributed by atoms with Crippen molar-refractivity contribution in [1.82, 2.24) is 15.0 Å². The van der Waals surface area contributed by atoms with Gasteiger partial charge in [0.1, 0.15) is 12.3 Å². The second-order valence-corrected chi connectivity index (χ2v) is 6.90. The maximum Gasteiger partial charge on any atom is 0.250 e. The highest BCUT2D eigenvalue weighted by Gasteiger charge is 2.19. The van der Waals surface area contributed by atoms with Crippen molar-refractivity contribution in [1.29, 1.82) is 5.26 Å². The summed E-state index contributed by atoms with van der Waals surface area (Å²) >= 11 is 0. The topological polar surface area (TPSA) is 118 Å². The Morgan fingerprint density at radius 2 is 2.07 bits per heavy atom. The number of nitrogens with two attached hydrogens (primary N) is 1. The molecular weight excluding hydrogens is 361 g/mol. The fourth-order valence-electron chi connectivity index (χ4n) is 2.46. The maximum absolute atomic E-state index is 14.4. The molecule has 3 N–H and O–H groups in total. The third-order valence-electron chi connectivity index (χ3n) is 4.00. The first-order valence-corrected chi connectivity index (χ1v) is 8.44. The molecule has 0 spiro atoms. The normalized spacial score (nSPS) is 11.6. The summed E-state index contributed by atoms with van der Waals surface area (Å²) in [6.07, 6.45) is 7.61. The van der Waals surface area contributed by atoms with E-state index in [1.807, 2.05) is 6.07 Å². The molecule has 1 amide bonds. The minimum absolute atomic E-state index is 0.0270. The minimum atomic E-state index is -0.745. The van der Waals surface area contributed by atoms with Crippen LogP contribution in [0.1, 0.15) is 19.4 Å². The maximum atomic E-state index is 14.4. The lowest BCUT2D eigenvalue weighted by molar-refractivity contribution is -0.113. The molecule has 3 aromatic rings. The Balaban J connectivity index is 1.90. The Morgan fingerprint density at radius 1 is 1.36 bits per heavy atom. The molecule has 0 fully saturated rings. The van der Waals surface area contributed by atoms with Crippen LogP contribution in [0.2, 0.25) is 0 Å². The van der Waals surface area contributed by atoms with E-state index in [9.17, 15) is 9.18 Å². The largest absolute Gasteiger partial charge is 0.474 e. The summed E-state index contributed by atoms with van der Waals surface area (Å²) < 4.78 is 19.7. The first-order valence-electron chi connectivity index (χ1n) is 8.44. The molecule has 142 valence electrons. The summed E-state index contributed by atoms with van der Waals surface area (Å²) in [6.45, 7) is 3.42. The van der Waals surface area contributed by atoms with E-state index in [4.69, 9.17) is 15.7 Å². The molecule has 0 aliphatic rings. The van der Waals surface area contributed by atoms with E-state index in [2.05, 4.69) is 21.0 Å². The van der Waals surface area contributed by atoms with Crippen molar-refractivity contribution in [2.24, 2.45) is 11.1 Å². The van der Waals surface area contributed by atoms with Crippen molar-refractivity contribution in [2.75, 3.05) is 6.61 Å². The summed E-state index contributed by atoms with van der Waals surface area (Å²) in [6, 6.07) is 5.20. The number of primary amides is 1. The van der Waals surface area contributed by atoms with E-state index >= 15 is 0 Å². The molecule has 0 atom stereocenters. The second kappa shape index (κ2) is 7.48. The molecule has 8 heteroatoms. The summed E-state index contributed by atoms with van der Waals surface area (Å²) in [5, 5.41) is 9.77. The highest BCUT2D eigenvalue weighted by Crippen LogP contribution is 2.28. The van der Waals surface area contributed by atoms with Crippen molar-refractivity contribution >= 4 is 23.0 Å². The number of nitrogens with one attached hydrogen (secondary N) is 1. The van der Waals surface area contributed by atoms with E-state index in [0.29, 0.717) is 16.8 Å². The predicted octanol–water partition coefficient (Wildman–Crippen LogP) is 3.19. The van der Waals surface area contributed by atoms with Gasteiger partial charge in [-0.25, -0.2) is 14.4 Å². The number of amides is 1. The van der Waals surface area contributed by atoms with Crippen LogP contribution in [-0.2, 0) is 4.79 Å². The molecule has 7 nitrogen and oxygen atoms in total. The van der Waals surface area contributed by atoms with Gasteiger partial charge in [-0.2, -0.15) is 5.26 Å². The Morgan fingerprint density at radius 3 is 2.75 bits per heavy atom. The summed E-state index contributed by atoms with van der Waals surface area (Å²) in [5.41, 5.74) is 6.91. The van der Waals surface area contributed by atoms with Crippen molar-refractivity contribution in [2.45, 2.75) is 13.8 Å². The Kier molecular flexibility index (Phi) is 5.09. The lowest BCUT2D eigenvalue weighted by Crippen LogP contribution is -2.19. The van der Waals surface area contributed by atoms with Crippen LogP contribution in [0.3, 0.4) is 0 Å². The standard InChI is InChI=1S/C20H18FN5O2/c1-20(2,10-22)11-28-19-16(21)6-14(9-26-19)13-5-15-12(3-4-17(23)27)7-24-18(15)25-8-13/h3-9H,11H2,1-2H3,(H2,23,27)(H,24,25). The van der Waals surface area contributed by atoms with E-state index < -0.39 is 17.1 Å². The number of hydrogen-bond donors (Lipinski definition) is 2. The zero-order valence-electron chi connectivity index (χ0n) is 15.4. The smallest absolute Gasteiger partial charge is 0.250 e. The SMILES string of the molecule is CC(C)(C#N)COc1ncc(-c2cnc3[nH]cc(C=CC(N)=O)c3c2)cc1F. The molecule has 0 aromatic carbocycles. The summed E-state index contributed by atoms with van der Waals surface area (Å²) in [7, 11) is 0. The quantitative estimate of drug-likeness (QED) is 0.638. The highest BCUT2D eigenvalue weighted by atomic mass is 19.1. The molecule has 0 saturated carbocycles. The lowest BCUT2D eigenvalue weighted by atomic mass is 9.98. The third kappa shape index (κ3) is 4.15. The van der Waals surface area contributed by atoms with E-state index in [-0.39, 0.29) is 12.5 Å². The fourth-order valence-corrected chi connectivity index (χ4v) is 2.46. The van der Waals surface area contributed by atoms with Crippen LogP contribution in [0.15, 0.2) is 36.8 Å². The predicted molar refractivity (Wildman–Crippen MR) is 102 cm³/mol. The van der Waals surface area contributed by atoms with Gasteiger partial charge in [-0.05, 0) is 32.1 Å². The molecule has 0 radical (unpaired) electrons. The van der Waals surface area contributed by atoms with Gasteiger partial charge in [-0.1, -0.05) is 0 Å². The molecule has 3 aromatic heterocycles. The molecule has 0 aliphatic carbocycles. The fraction of sp³-hybridized carbons (Fsp3) is 0.200. The molecular formula is C20H18FN5O2. The zero-order chi connectivity index (χ0) is 20.3. The van der Waals surface area contributed by atoms with Gasteiger partial charge in [0, 0.05) is 46.7 Å². The number of nitrogens with zero attached hydrogens (tertiary/aromatic N) is 3. The third-order valence-corrected chi connectivity index (χ3v) is 4.00. The monoisotopic (exact) mass is 379 g/mol. The number of carbonyl (C=O) groups is 1. The van der Waals surface area contributed by atoms with Gasteiger partial charge in [0.05, 0.1) is 11.5 Å². The van der Waals surface area contributed by atoms with Gasteiger partial charge in [-0.3, -0.25) is 4.79 Å². The zero-order valence-corrected chi connectivity index (χ0v) is 15.4. The second-order valence-electron chi connectivity index (χ2n) is 6.90. The molecule has 0 aliphatic heterocycles. The Bertz CT molecular complexity index is 1110. The number of nitriles is 1. The van der Waals surface area contributed by atoms with Gasteiger partial charge in [0.2, 0.25) is 11.8 Å².